The van der Waals surface area contributed by atoms with Crippen LogP contribution in [0, 0.1) is 5.82 Å². The van der Waals surface area contributed by atoms with Crippen molar-refractivity contribution in [2.24, 2.45) is 5.73 Å². The van der Waals surface area contributed by atoms with Gasteiger partial charge in [0.2, 0.25) is 6.41 Å². The number of aliphatic hydroxyl groups is 1. The number of nitrogens with zero attached hydrogens (tertiary/aromatic N) is 2. The Kier molecular flexibility index (Phi) is 3.53. The largest absolute Gasteiger partial charge is 0.363 e. The lowest BCUT2D eigenvalue weighted by Crippen LogP contribution is -2.57. The molecule has 2 saturated heterocycles. The standard InChI is InChI=1S/C15H18FN3O4/c1-14(7-18(8-14)9-20)11-3-2-10(6-12(11)16)19-4-5-23-15(19,22)13(17)21/h2-3,6,9,22H,4-5,7-8H2,1H3,(H2,17,21)/t15-/m0/s1. The van der Waals surface area contributed by atoms with E-state index in [0.29, 0.717) is 24.3 Å². The highest BCUT2D eigenvalue weighted by Gasteiger charge is 2.47. The van der Waals surface area contributed by atoms with E-state index in [1.165, 1.54) is 11.0 Å². The molecule has 0 radical (unpaired) electrons. The summed E-state index contributed by atoms with van der Waals surface area (Å²) in [6.07, 6.45) is 0.739. The van der Waals surface area contributed by atoms with Gasteiger partial charge in [0.05, 0.1) is 6.61 Å². The zero-order valence-corrected chi connectivity index (χ0v) is 12.7. The topological polar surface area (TPSA) is 96.1 Å². The lowest BCUT2D eigenvalue weighted by molar-refractivity contribution is -0.184. The highest BCUT2D eigenvalue weighted by Crippen LogP contribution is 2.37. The molecule has 23 heavy (non-hydrogen) atoms. The number of carbonyl (C=O) groups is 2. The van der Waals surface area contributed by atoms with Gasteiger partial charge in [-0.2, -0.15) is 0 Å². The number of amides is 2. The van der Waals surface area contributed by atoms with Crippen LogP contribution in [0.1, 0.15) is 12.5 Å². The number of hydrogen-bond donors (Lipinski definition) is 2. The van der Waals surface area contributed by atoms with E-state index in [9.17, 15) is 19.1 Å². The second kappa shape index (κ2) is 5.17. The molecule has 1 aromatic rings. The van der Waals surface area contributed by atoms with Crippen molar-refractivity contribution in [1.29, 1.82) is 0 Å². The first kappa shape index (κ1) is 15.7. The van der Waals surface area contributed by atoms with Crippen molar-refractivity contribution in [3.63, 3.8) is 0 Å². The summed E-state index contributed by atoms with van der Waals surface area (Å²) < 4.78 is 19.5. The van der Waals surface area contributed by atoms with Gasteiger partial charge in [-0.05, 0) is 17.7 Å². The van der Waals surface area contributed by atoms with Gasteiger partial charge in [0, 0.05) is 30.7 Å². The van der Waals surface area contributed by atoms with E-state index in [0.717, 1.165) is 6.41 Å². The van der Waals surface area contributed by atoms with E-state index >= 15 is 0 Å². The van der Waals surface area contributed by atoms with Crippen LogP contribution in [0.2, 0.25) is 0 Å². The average molecular weight is 323 g/mol. The minimum absolute atomic E-state index is 0.106. The molecule has 0 aromatic heterocycles. The maximum absolute atomic E-state index is 14.5. The van der Waals surface area contributed by atoms with Crippen LogP contribution in [-0.4, -0.2) is 54.5 Å². The molecule has 0 saturated carbocycles. The number of halogens is 1. The molecule has 124 valence electrons. The van der Waals surface area contributed by atoms with E-state index in [1.54, 1.807) is 17.0 Å². The normalized spacial score (nSPS) is 26.0. The van der Waals surface area contributed by atoms with Crippen molar-refractivity contribution in [3.8, 4) is 0 Å². The van der Waals surface area contributed by atoms with Crippen molar-refractivity contribution in [2.45, 2.75) is 18.2 Å². The Hall–Kier alpha value is -2.19. The van der Waals surface area contributed by atoms with E-state index in [2.05, 4.69) is 0 Å². The molecule has 3 rings (SSSR count). The predicted octanol–water partition coefficient (Wildman–Crippen LogP) is -0.477. The number of anilines is 1. The van der Waals surface area contributed by atoms with Crippen LogP contribution in [-0.2, 0) is 19.7 Å². The SMILES string of the molecule is CC1(c2ccc(N3CCO[C@@]3(O)C(N)=O)cc2F)CN(C=O)C1. The molecule has 0 bridgehead atoms. The minimum Gasteiger partial charge on any atom is -0.363 e. The molecule has 1 atom stereocenters. The van der Waals surface area contributed by atoms with Crippen molar-refractivity contribution in [3.05, 3.63) is 29.6 Å². The third-order valence-corrected chi connectivity index (χ3v) is 4.47. The number of ether oxygens (including phenoxy) is 1. The third kappa shape index (κ3) is 2.34. The van der Waals surface area contributed by atoms with Gasteiger partial charge in [-0.1, -0.05) is 13.0 Å². The zero-order chi connectivity index (χ0) is 16.8. The molecule has 0 spiro atoms. The minimum atomic E-state index is -2.26. The van der Waals surface area contributed by atoms with E-state index in [1.807, 2.05) is 6.92 Å². The smallest absolute Gasteiger partial charge is 0.333 e. The number of nitrogens with two attached hydrogens (primary N) is 1. The fourth-order valence-electron chi connectivity index (χ4n) is 3.27. The van der Waals surface area contributed by atoms with Crippen molar-refractivity contribution in [2.75, 3.05) is 31.1 Å². The summed E-state index contributed by atoms with van der Waals surface area (Å²) in [5.41, 5.74) is 5.52. The summed E-state index contributed by atoms with van der Waals surface area (Å²) >= 11 is 0. The zero-order valence-electron chi connectivity index (χ0n) is 12.7. The fraction of sp³-hybridized carbons (Fsp3) is 0.467. The number of hydrogen-bond acceptors (Lipinski definition) is 5. The Morgan fingerprint density at radius 2 is 2.17 bits per heavy atom. The molecule has 3 N–H and O–H groups in total. The second-order valence-electron chi connectivity index (χ2n) is 6.21. The van der Waals surface area contributed by atoms with Crippen LogP contribution in [0.3, 0.4) is 0 Å². The third-order valence-electron chi connectivity index (χ3n) is 4.47. The van der Waals surface area contributed by atoms with Gasteiger partial charge >= 0.3 is 11.8 Å². The summed E-state index contributed by atoms with van der Waals surface area (Å²) in [6, 6.07) is 4.45. The number of likely N-dealkylation sites (tertiary alicyclic amines) is 1. The lowest BCUT2D eigenvalue weighted by atomic mass is 9.75. The highest BCUT2D eigenvalue weighted by molar-refractivity contribution is 5.85. The molecule has 1 aromatic carbocycles. The molecule has 0 unspecified atom stereocenters. The Morgan fingerprint density at radius 1 is 1.48 bits per heavy atom. The Bertz CT molecular complexity index is 662. The van der Waals surface area contributed by atoms with E-state index in [4.69, 9.17) is 10.5 Å². The second-order valence-corrected chi connectivity index (χ2v) is 6.21. The molecular weight excluding hydrogens is 305 g/mol. The monoisotopic (exact) mass is 323 g/mol. The first-order valence-corrected chi connectivity index (χ1v) is 7.23. The summed E-state index contributed by atoms with van der Waals surface area (Å²) in [6.45, 7) is 3.10. The Morgan fingerprint density at radius 3 is 2.74 bits per heavy atom. The van der Waals surface area contributed by atoms with Gasteiger partial charge < -0.3 is 25.4 Å². The van der Waals surface area contributed by atoms with Crippen LogP contribution in [0.25, 0.3) is 0 Å². The molecule has 2 heterocycles. The van der Waals surface area contributed by atoms with E-state index in [-0.39, 0.29) is 13.2 Å². The van der Waals surface area contributed by atoms with E-state index < -0.39 is 23.1 Å². The molecule has 8 heteroatoms. The number of carbonyl (C=O) groups excluding carboxylic acids is 2. The average Bonchev–Trinajstić information content (AvgIpc) is 2.87. The van der Waals surface area contributed by atoms with Crippen molar-refractivity contribution in [1.82, 2.24) is 4.90 Å². The summed E-state index contributed by atoms with van der Waals surface area (Å²) in [5.74, 6) is -3.77. The molecule has 2 amide bonds. The summed E-state index contributed by atoms with van der Waals surface area (Å²) in [4.78, 5) is 24.9. The van der Waals surface area contributed by atoms with Crippen LogP contribution in [0.4, 0.5) is 10.1 Å². The quantitative estimate of drug-likeness (QED) is 0.730. The van der Waals surface area contributed by atoms with Gasteiger partial charge in [0.15, 0.2) is 0 Å². The van der Waals surface area contributed by atoms with Crippen LogP contribution >= 0.6 is 0 Å². The number of primary amides is 1. The molecule has 0 aliphatic carbocycles. The van der Waals surface area contributed by atoms with Crippen LogP contribution in [0.15, 0.2) is 18.2 Å². The maximum atomic E-state index is 14.5. The predicted molar refractivity (Wildman–Crippen MR) is 78.8 cm³/mol. The highest BCUT2D eigenvalue weighted by atomic mass is 19.1. The summed E-state index contributed by atoms with van der Waals surface area (Å²) in [7, 11) is 0. The first-order chi connectivity index (χ1) is 10.8. The molecular formula is C15H18FN3O4. The van der Waals surface area contributed by atoms with Gasteiger partial charge in [-0.25, -0.2) is 4.39 Å². The summed E-state index contributed by atoms with van der Waals surface area (Å²) in [5, 5.41) is 10.2. The van der Waals surface area contributed by atoms with Crippen molar-refractivity contribution >= 4 is 18.0 Å². The molecule has 2 aliphatic heterocycles. The Balaban J connectivity index is 1.88. The van der Waals surface area contributed by atoms with Crippen molar-refractivity contribution < 1.29 is 23.8 Å². The fourth-order valence-corrected chi connectivity index (χ4v) is 3.27. The number of benzene rings is 1. The van der Waals surface area contributed by atoms with Gasteiger partial charge in [0.25, 0.3) is 0 Å². The van der Waals surface area contributed by atoms with Crippen LogP contribution in [0.5, 0.6) is 0 Å². The molecule has 2 aliphatic rings. The number of rotatable bonds is 4. The van der Waals surface area contributed by atoms with Gasteiger partial charge in [-0.15, -0.1) is 0 Å². The lowest BCUT2D eigenvalue weighted by Gasteiger charge is -2.46. The molecule has 7 nitrogen and oxygen atoms in total. The molecule has 2 fully saturated rings. The van der Waals surface area contributed by atoms with Gasteiger partial charge in [-0.3, -0.25) is 9.59 Å². The maximum Gasteiger partial charge on any atom is 0.333 e. The van der Waals surface area contributed by atoms with Gasteiger partial charge in [0.1, 0.15) is 5.82 Å². The first-order valence-electron chi connectivity index (χ1n) is 7.23. The Labute approximate surface area is 132 Å². The van der Waals surface area contributed by atoms with Crippen LogP contribution < -0.4 is 10.6 Å².